The van der Waals surface area contributed by atoms with Crippen LogP contribution in [0.15, 0.2) is 109 Å². The number of hydrogen-bond acceptors (Lipinski definition) is 6. The minimum absolute atomic E-state index is 0. The molecule has 0 fully saturated rings. The van der Waals surface area contributed by atoms with Gasteiger partial charge in [0.05, 0.1) is 0 Å². The maximum atomic E-state index is 13.2. The van der Waals surface area contributed by atoms with E-state index >= 15 is 0 Å². The normalized spacial score (nSPS) is 18.0. The average Bonchev–Trinajstić information content (AvgIpc) is 3.52. The fourth-order valence-electron chi connectivity index (χ4n) is 7.95. The molecule has 3 heterocycles. The number of rotatable bonds is 15. The molecule has 1 aromatic heterocycles. The quantitative estimate of drug-likeness (QED) is 0.0669. The number of Topliss-reactive ketones (excluding diaryl/α,β-unsaturated/α-hetero) is 1. The van der Waals surface area contributed by atoms with E-state index in [9.17, 15) is 4.79 Å². The zero-order valence-electron chi connectivity index (χ0n) is 33.2. The van der Waals surface area contributed by atoms with Gasteiger partial charge in [-0.2, -0.15) is 23.2 Å². The summed E-state index contributed by atoms with van der Waals surface area (Å²) in [5, 5.41) is 0. The maximum absolute atomic E-state index is 13.2. The SMILES string of the molecule is CCN1/C(=C/C=C/C=C/C2=[N+](CC)c3cc[c-]cc3C2(C)C)C(C)(CCCC(=O)CCc2ccc(COc3nccc(N)n3)cc2)c2cc(C)ccc21.[Na+]. The average molecular weight is 731 g/mol. The van der Waals surface area contributed by atoms with E-state index in [0.29, 0.717) is 31.0 Å². The molecule has 0 aliphatic carbocycles. The number of carbonyl (C=O) groups excluding carboxylic acids is 1. The second kappa shape index (κ2) is 17.9. The van der Waals surface area contributed by atoms with Crippen LogP contribution in [0.3, 0.4) is 0 Å². The summed E-state index contributed by atoms with van der Waals surface area (Å²) in [6.45, 7) is 15.7. The number of fused-ring (bicyclic) bond motifs is 2. The Morgan fingerprint density at radius 3 is 2.50 bits per heavy atom. The number of aromatic nitrogens is 2. The Labute approximate surface area is 344 Å². The molecule has 0 bridgehead atoms. The van der Waals surface area contributed by atoms with Crippen LogP contribution < -0.4 is 44.9 Å². The molecule has 3 aromatic carbocycles. The molecular formula is C46H53N5NaO2+. The first-order chi connectivity index (χ1) is 25.5. The Morgan fingerprint density at radius 1 is 0.981 bits per heavy atom. The molecule has 1 atom stereocenters. The monoisotopic (exact) mass is 730 g/mol. The van der Waals surface area contributed by atoms with E-state index < -0.39 is 0 Å². The Hall–Kier alpha value is -4.30. The first kappa shape index (κ1) is 40.9. The van der Waals surface area contributed by atoms with Gasteiger partial charge < -0.3 is 15.4 Å². The number of anilines is 2. The predicted octanol–water partition coefficient (Wildman–Crippen LogP) is 6.31. The molecule has 0 saturated heterocycles. The Morgan fingerprint density at radius 2 is 1.76 bits per heavy atom. The van der Waals surface area contributed by atoms with Crippen LogP contribution in [0.25, 0.3) is 0 Å². The van der Waals surface area contributed by atoms with Gasteiger partial charge in [0.25, 0.3) is 0 Å². The van der Waals surface area contributed by atoms with Crippen molar-refractivity contribution in [3.8, 4) is 6.01 Å². The van der Waals surface area contributed by atoms with Crippen LogP contribution in [0, 0.1) is 13.0 Å². The number of nitrogens with zero attached hydrogens (tertiary/aromatic N) is 4. The second-order valence-corrected chi connectivity index (χ2v) is 14.9. The summed E-state index contributed by atoms with van der Waals surface area (Å²) in [6, 6.07) is 26.5. The minimum Gasteiger partial charge on any atom is -0.459 e. The zero-order chi connectivity index (χ0) is 37.6. The molecule has 0 spiro atoms. The third-order valence-electron chi connectivity index (χ3n) is 10.9. The Bertz CT molecular complexity index is 2080. The molecule has 2 N–H and O–H groups in total. The van der Waals surface area contributed by atoms with Crippen LogP contribution in [0.4, 0.5) is 17.2 Å². The van der Waals surface area contributed by atoms with Crippen LogP contribution in [0.1, 0.15) is 88.1 Å². The van der Waals surface area contributed by atoms with Gasteiger partial charge in [0, 0.05) is 53.9 Å². The number of aryl methyl sites for hydroxylation is 2. The van der Waals surface area contributed by atoms with Crippen molar-refractivity contribution in [1.82, 2.24) is 9.97 Å². The summed E-state index contributed by atoms with van der Waals surface area (Å²) in [4.78, 5) is 23.8. The molecule has 8 heteroatoms. The Balaban J connectivity index is 0.00000561. The molecule has 6 rings (SSSR count). The summed E-state index contributed by atoms with van der Waals surface area (Å²) in [6.07, 6.45) is 16.2. The first-order valence-electron chi connectivity index (χ1n) is 19.0. The van der Waals surface area contributed by atoms with E-state index in [1.165, 1.54) is 39.5 Å². The Kier molecular flexibility index (Phi) is 13.5. The first-order valence-corrected chi connectivity index (χ1v) is 19.0. The van der Waals surface area contributed by atoms with Crippen LogP contribution in [0.2, 0.25) is 0 Å². The van der Waals surface area contributed by atoms with Gasteiger partial charge in [-0.3, -0.25) is 4.79 Å². The number of allylic oxidation sites excluding steroid dienone is 6. The molecule has 0 amide bonds. The number of benzene rings is 3. The number of carbonyl (C=O) groups is 1. The van der Waals surface area contributed by atoms with E-state index in [-0.39, 0.29) is 46.4 Å². The van der Waals surface area contributed by atoms with Crippen molar-refractivity contribution in [3.63, 3.8) is 0 Å². The molecule has 7 nitrogen and oxygen atoms in total. The van der Waals surface area contributed by atoms with Crippen molar-refractivity contribution < 1.29 is 43.7 Å². The molecule has 4 aromatic rings. The van der Waals surface area contributed by atoms with Crippen LogP contribution >= 0.6 is 0 Å². The maximum Gasteiger partial charge on any atom is 1.00 e. The molecule has 54 heavy (non-hydrogen) atoms. The third-order valence-corrected chi connectivity index (χ3v) is 10.9. The molecule has 0 saturated carbocycles. The summed E-state index contributed by atoms with van der Waals surface area (Å²) < 4.78 is 8.07. The van der Waals surface area contributed by atoms with Crippen molar-refractivity contribution in [2.24, 2.45) is 0 Å². The third kappa shape index (κ3) is 8.80. The topological polar surface area (TPSA) is 84.3 Å². The number of ether oxygens (including phenoxy) is 1. The molecular weight excluding hydrogens is 678 g/mol. The summed E-state index contributed by atoms with van der Waals surface area (Å²) in [5.74, 6) is 0.680. The van der Waals surface area contributed by atoms with Crippen molar-refractivity contribution in [1.29, 1.82) is 0 Å². The van der Waals surface area contributed by atoms with Crippen molar-refractivity contribution in [2.75, 3.05) is 23.7 Å². The van der Waals surface area contributed by atoms with Gasteiger partial charge in [-0.1, -0.05) is 79.6 Å². The molecule has 274 valence electrons. The van der Waals surface area contributed by atoms with Crippen LogP contribution in [-0.4, -0.2) is 39.1 Å². The second-order valence-electron chi connectivity index (χ2n) is 14.9. The summed E-state index contributed by atoms with van der Waals surface area (Å²) >= 11 is 0. The number of nitrogen functional groups attached to an aromatic ring is 1. The van der Waals surface area contributed by atoms with E-state index in [4.69, 9.17) is 10.5 Å². The van der Waals surface area contributed by atoms with Crippen molar-refractivity contribution in [3.05, 3.63) is 143 Å². The van der Waals surface area contributed by atoms with Gasteiger partial charge in [0.1, 0.15) is 30.4 Å². The van der Waals surface area contributed by atoms with Gasteiger partial charge in [-0.25, -0.2) is 9.56 Å². The van der Waals surface area contributed by atoms with E-state index in [1.54, 1.807) is 12.3 Å². The van der Waals surface area contributed by atoms with Gasteiger partial charge in [0.15, 0.2) is 5.71 Å². The van der Waals surface area contributed by atoms with Crippen molar-refractivity contribution >= 4 is 28.7 Å². The molecule has 2 aliphatic rings. The largest absolute Gasteiger partial charge is 1.00 e. The molecule has 0 radical (unpaired) electrons. The fraction of sp³-hybridized carbons (Fsp3) is 0.348. The van der Waals surface area contributed by atoms with E-state index in [2.05, 4.69) is 140 Å². The van der Waals surface area contributed by atoms with Gasteiger partial charge >= 0.3 is 35.6 Å². The zero-order valence-corrected chi connectivity index (χ0v) is 35.2. The standard InChI is InChI=1S/C46H53N5O2.Na/c1-7-50-39-17-13-12-16-37(39)45(4,5)41(50)18-10-9-11-19-42-46(6,38-31-33(3)20-27-40(38)51(42)8-2)29-14-15-36(52)26-25-34-21-23-35(24-22-34)32-53-44-48-30-28-43(47)49-44;/h9-11,13,16-24,27-28,30-31H,7-8,14-15,25-26,29,32H2,1-6H3,(H2,47,48,49);/q;+1. The number of ketones is 1. The number of likely N-dealkylation sites (N-methyl/N-ethyl adjacent to an activating group) is 1. The number of hydrogen-bond donors (Lipinski definition) is 1. The van der Waals surface area contributed by atoms with Gasteiger partial charge in [-0.15, -0.1) is 6.07 Å². The van der Waals surface area contributed by atoms with Gasteiger partial charge in [0.2, 0.25) is 0 Å². The fourth-order valence-corrected chi connectivity index (χ4v) is 7.95. The number of nitrogens with two attached hydrogens (primary N) is 1. The minimum atomic E-state index is -0.195. The smallest absolute Gasteiger partial charge is 0.459 e. The summed E-state index contributed by atoms with van der Waals surface area (Å²) in [7, 11) is 0. The van der Waals surface area contributed by atoms with Crippen LogP contribution in [-0.2, 0) is 28.7 Å². The molecule has 1 unspecified atom stereocenters. The van der Waals surface area contributed by atoms with Gasteiger partial charge in [-0.05, 0) is 81.9 Å². The molecule has 2 aliphatic heterocycles. The van der Waals surface area contributed by atoms with E-state index in [1.807, 2.05) is 18.2 Å². The summed E-state index contributed by atoms with van der Waals surface area (Å²) in [5.41, 5.74) is 16.6. The predicted molar refractivity (Wildman–Crippen MR) is 216 cm³/mol. The van der Waals surface area contributed by atoms with E-state index in [0.717, 1.165) is 43.5 Å². The van der Waals surface area contributed by atoms with Crippen LogP contribution in [0.5, 0.6) is 6.01 Å². The van der Waals surface area contributed by atoms with Crippen molar-refractivity contribution in [2.45, 2.75) is 91.1 Å².